The molecule has 100 valence electrons. The maximum absolute atomic E-state index is 4.57. The smallest absolute Gasteiger partial charge is 0.202 e. The molecule has 2 unspecified atom stereocenters. The number of nitrogens with one attached hydrogen (secondary N) is 1. The fourth-order valence-electron chi connectivity index (χ4n) is 3.06. The van der Waals surface area contributed by atoms with Gasteiger partial charge in [-0.15, -0.1) is 0 Å². The van der Waals surface area contributed by atoms with Crippen molar-refractivity contribution < 1.29 is 0 Å². The summed E-state index contributed by atoms with van der Waals surface area (Å²) in [5.41, 5.74) is 0. The van der Waals surface area contributed by atoms with Crippen LogP contribution >= 0.6 is 11.5 Å². The van der Waals surface area contributed by atoms with Gasteiger partial charge < -0.3 is 10.2 Å². The third-order valence-corrected chi connectivity index (χ3v) is 4.77. The zero-order chi connectivity index (χ0) is 12.5. The molecule has 0 amide bonds. The van der Waals surface area contributed by atoms with E-state index in [4.69, 9.17) is 0 Å². The van der Waals surface area contributed by atoms with Gasteiger partial charge in [0.05, 0.1) is 0 Å². The minimum Gasteiger partial charge on any atom is -0.357 e. The van der Waals surface area contributed by atoms with Crippen LogP contribution in [0.25, 0.3) is 0 Å². The number of hydrogen-bond donors (Lipinski definition) is 1. The molecule has 0 saturated carbocycles. The molecule has 1 aromatic rings. The van der Waals surface area contributed by atoms with Gasteiger partial charge >= 0.3 is 0 Å². The summed E-state index contributed by atoms with van der Waals surface area (Å²) in [7, 11) is 0. The molecular weight excluding hydrogens is 244 g/mol. The summed E-state index contributed by atoms with van der Waals surface area (Å²) in [5, 5.41) is 4.60. The van der Waals surface area contributed by atoms with E-state index in [-0.39, 0.29) is 0 Å². The van der Waals surface area contributed by atoms with E-state index in [0.29, 0.717) is 12.0 Å². The highest BCUT2D eigenvalue weighted by Crippen LogP contribution is 2.29. The van der Waals surface area contributed by atoms with Crippen LogP contribution in [0.4, 0.5) is 5.13 Å². The zero-order valence-corrected chi connectivity index (χ0v) is 12.0. The highest BCUT2D eigenvalue weighted by Gasteiger charge is 2.31. The van der Waals surface area contributed by atoms with E-state index in [0.717, 1.165) is 17.0 Å². The summed E-state index contributed by atoms with van der Waals surface area (Å²) in [6.45, 7) is 6.84. The van der Waals surface area contributed by atoms with Crippen molar-refractivity contribution in [2.75, 3.05) is 18.4 Å². The van der Waals surface area contributed by atoms with Crippen molar-refractivity contribution >= 4 is 16.7 Å². The molecule has 1 aromatic heterocycles. The molecule has 5 heteroatoms. The molecule has 1 N–H and O–H groups in total. The second-order valence-corrected chi connectivity index (χ2v) is 6.56. The Morgan fingerprint density at radius 2 is 2.22 bits per heavy atom. The molecule has 3 rings (SSSR count). The number of fused-ring (bicyclic) bond motifs is 1. The minimum atomic E-state index is 0.425. The Kier molecular flexibility index (Phi) is 3.52. The van der Waals surface area contributed by atoms with Crippen LogP contribution in [0.15, 0.2) is 0 Å². The van der Waals surface area contributed by atoms with Crippen molar-refractivity contribution in [3.63, 3.8) is 0 Å². The Bertz CT molecular complexity index is 403. The molecule has 2 saturated heterocycles. The molecule has 3 heterocycles. The fourth-order valence-corrected chi connectivity index (χ4v) is 3.84. The lowest BCUT2D eigenvalue weighted by atomic mass is 9.98. The van der Waals surface area contributed by atoms with Gasteiger partial charge in [-0.25, -0.2) is 4.98 Å². The van der Waals surface area contributed by atoms with E-state index in [1.807, 2.05) is 0 Å². The maximum Gasteiger partial charge on any atom is 0.202 e. The van der Waals surface area contributed by atoms with Gasteiger partial charge in [-0.05, 0) is 32.2 Å². The summed E-state index contributed by atoms with van der Waals surface area (Å²) in [5.74, 6) is 1.40. The molecule has 18 heavy (non-hydrogen) atoms. The van der Waals surface area contributed by atoms with Crippen LogP contribution in [-0.2, 0) is 0 Å². The van der Waals surface area contributed by atoms with Crippen LogP contribution in [0.3, 0.4) is 0 Å². The van der Waals surface area contributed by atoms with Gasteiger partial charge in [0.1, 0.15) is 5.82 Å². The SMILES string of the molecule is CC(C)c1nsc(NC2CCN3CCCC3C2)n1. The highest BCUT2D eigenvalue weighted by molar-refractivity contribution is 7.09. The summed E-state index contributed by atoms with van der Waals surface area (Å²) >= 11 is 1.51. The normalized spacial score (nSPS) is 28.6. The molecule has 0 spiro atoms. The van der Waals surface area contributed by atoms with Crippen molar-refractivity contribution in [3.05, 3.63) is 5.82 Å². The Labute approximate surface area is 113 Å². The number of nitrogens with zero attached hydrogens (tertiary/aromatic N) is 3. The Hall–Kier alpha value is -0.680. The third kappa shape index (κ3) is 2.52. The van der Waals surface area contributed by atoms with Crippen LogP contribution < -0.4 is 5.32 Å². The van der Waals surface area contributed by atoms with Gasteiger partial charge in [-0.1, -0.05) is 13.8 Å². The van der Waals surface area contributed by atoms with E-state index in [9.17, 15) is 0 Å². The Morgan fingerprint density at radius 1 is 1.33 bits per heavy atom. The maximum atomic E-state index is 4.57. The van der Waals surface area contributed by atoms with E-state index < -0.39 is 0 Å². The average Bonchev–Trinajstić information content (AvgIpc) is 2.96. The third-order valence-electron chi connectivity index (χ3n) is 4.11. The van der Waals surface area contributed by atoms with E-state index in [1.54, 1.807) is 0 Å². The van der Waals surface area contributed by atoms with E-state index >= 15 is 0 Å². The van der Waals surface area contributed by atoms with Gasteiger partial charge in [0, 0.05) is 36.1 Å². The van der Waals surface area contributed by atoms with E-state index in [1.165, 1.54) is 50.3 Å². The standard InChI is InChI=1S/C13H22N4S/c1-9(2)12-15-13(18-16-12)14-10-5-7-17-6-3-4-11(17)8-10/h9-11H,3-8H2,1-2H3,(H,14,15,16). The number of rotatable bonds is 3. The summed E-state index contributed by atoms with van der Waals surface area (Å²) < 4.78 is 4.41. The highest BCUT2D eigenvalue weighted by atomic mass is 32.1. The lowest BCUT2D eigenvalue weighted by molar-refractivity contribution is 0.188. The van der Waals surface area contributed by atoms with Crippen molar-refractivity contribution in [2.45, 2.75) is 57.5 Å². The van der Waals surface area contributed by atoms with Gasteiger partial charge in [0.2, 0.25) is 5.13 Å². The first-order valence-electron chi connectivity index (χ1n) is 7.06. The molecule has 2 aliphatic heterocycles. The van der Waals surface area contributed by atoms with Crippen molar-refractivity contribution in [1.82, 2.24) is 14.3 Å². The summed E-state index contributed by atoms with van der Waals surface area (Å²) in [6.07, 6.45) is 5.28. The molecule has 4 nitrogen and oxygen atoms in total. The van der Waals surface area contributed by atoms with Crippen LogP contribution in [-0.4, -0.2) is 39.4 Å². The molecule has 0 aromatic carbocycles. The second kappa shape index (κ2) is 5.13. The van der Waals surface area contributed by atoms with Crippen molar-refractivity contribution in [2.24, 2.45) is 0 Å². The average molecular weight is 266 g/mol. The van der Waals surface area contributed by atoms with E-state index in [2.05, 4.69) is 33.4 Å². The van der Waals surface area contributed by atoms with Crippen LogP contribution in [0.5, 0.6) is 0 Å². The number of hydrogen-bond acceptors (Lipinski definition) is 5. The van der Waals surface area contributed by atoms with Crippen LogP contribution in [0, 0.1) is 0 Å². The molecule has 0 aliphatic carbocycles. The second-order valence-electron chi connectivity index (χ2n) is 5.81. The Balaban J connectivity index is 1.59. The largest absolute Gasteiger partial charge is 0.357 e. The zero-order valence-electron chi connectivity index (χ0n) is 11.2. The quantitative estimate of drug-likeness (QED) is 0.913. The molecular formula is C13H22N4S. The van der Waals surface area contributed by atoms with Crippen molar-refractivity contribution in [3.8, 4) is 0 Å². The van der Waals surface area contributed by atoms with Crippen LogP contribution in [0.2, 0.25) is 0 Å². The van der Waals surface area contributed by atoms with Gasteiger partial charge in [-0.2, -0.15) is 4.37 Å². The monoisotopic (exact) mass is 266 g/mol. The van der Waals surface area contributed by atoms with Crippen LogP contribution in [0.1, 0.15) is 51.3 Å². The predicted octanol–water partition coefficient (Wildman–Crippen LogP) is 2.70. The lowest BCUT2D eigenvalue weighted by Gasteiger charge is -2.34. The first-order valence-corrected chi connectivity index (χ1v) is 7.84. The van der Waals surface area contributed by atoms with Gasteiger partial charge in [-0.3, -0.25) is 0 Å². The predicted molar refractivity (Wildman–Crippen MR) is 75.2 cm³/mol. The number of anilines is 1. The first kappa shape index (κ1) is 12.4. The molecule has 2 fully saturated rings. The topological polar surface area (TPSA) is 41.1 Å². The first-order chi connectivity index (χ1) is 8.72. The van der Waals surface area contributed by atoms with Crippen molar-refractivity contribution in [1.29, 1.82) is 0 Å². The Morgan fingerprint density at radius 3 is 3.00 bits per heavy atom. The molecule has 0 bridgehead atoms. The summed E-state index contributed by atoms with van der Waals surface area (Å²) in [6, 6.07) is 1.41. The number of aromatic nitrogens is 2. The molecule has 2 aliphatic rings. The number of piperidine rings is 1. The molecule has 0 radical (unpaired) electrons. The molecule has 2 atom stereocenters. The fraction of sp³-hybridized carbons (Fsp3) is 0.846. The summed E-state index contributed by atoms with van der Waals surface area (Å²) in [4.78, 5) is 7.22. The van der Waals surface area contributed by atoms with Gasteiger partial charge in [0.15, 0.2) is 0 Å². The lowest BCUT2D eigenvalue weighted by Crippen LogP contribution is -2.42. The van der Waals surface area contributed by atoms with Gasteiger partial charge in [0.25, 0.3) is 0 Å². The minimum absolute atomic E-state index is 0.425.